The van der Waals surface area contributed by atoms with Gasteiger partial charge in [-0.2, -0.15) is 5.26 Å². The van der Waals surface area contributed by atoms with Crippen LogP contribution in [0, 0.1) is 11.3 Å². The van der Waals surface area contributed by atoms with Crippen molar-refractivity contribution in [2.45, 2.75) is 18.6 Å². The summed E-state index contributed by atoms with van der Waals surface area (Å²) >= 11 is 0. The zero-order chi connectivity index (χ0) is 12.1. The highest BCUT2D eigenvalue weighted by atomic mass is 16.3. The lowest BCUT2D eigenvalue weighted by Crippen LogP contribution is -2.19. The van der Waals surface area contributed by atoms with Crippen molar-refractivity contribution in [2.24, 2.45) is 0 Å². The topological polar surface area (TPSA) is 110 Å². The van der Waals surface area contributed by atoms with Crippen molar-refractivity contribution >= 4 is 5.69 Å². The van der Waals surface area contributed by atoms with Gasteiger partial charge in [0, 0.05) is 12.3 Å². The summed E-state index contributed by atoms with van der Waals surface area (Å²) in [6.07, 6.45) is -2.10. The molecule has 0 aliphatic heterocycles. The van der Waals surface area contributed by atoms with Crippen LogP contribution < -0.4 is 5.73 Å². The number of nitrogen functional groups attached to an aromatic ring is 1. The van der Waals surface area contributed by atoms with Gasteiger partial charge >= 0.3 is 0 Å². The fraction of sp³-hybridized carbons (Fsp3) is 0.364. The van der Waals surface area contributed by atoms with Gasteiger partial charge in [-0.15, -0.1) is 0 Å². The molecule has 0 fully saturated rings. The highest BCUT2D eigenvalue weighted by Crippen LogP contribution is 2.22. The maximum Gasteiger partial charge on any atom is 0.105 e. The van der Waals surface area contributed by atoms with E-state index in [-0.39, 0.29) is 18.6 Å². The summed E-state index contributed by atoms with van der Waals surface area (Å²) in [6, 6.07) is 6.37. The first-order valence-corrected chi connectivity index (χ1v) is 4.86. The number of aliphatic hydroxyl groups is 3. The first-order chi connectivity index (χ1) is 7.60. The van der Waals surface area contributed by atoms with Gasteiger partial charge in [-0.1, -0.05) is 6.07 Å². The molecule has 1 rings (SSSR count). The Labute approximate surface area is 93.4 Å². The van der Waals surface area contributed by atoms with Gasteiger partial charge < -0.3 is 21.1 Å². The minimum atomic E-state index is -1.13. The van der Waals surface area contributed by atoms with Crippen LogP contribution in [0.2, 0.25) is 0 Å². The van der Waals surface area contributed by atoms with Gasteiger partial charge in [-0.25, -0.2) is 0 Å². The molecule has 0 aliphatic carbocycles. The minimum Gasteiger partial charge on any atom is -0.398 e. The van der Waals surface area contributed by atoms with Crippen LogP contribution in [-0.2, 0) is 0 Å². The molecule has 0 saturated heterocycles. The lowest BCUT2D eigenvalue weighted by Gasteiger charge is -2.17. The number of hydrogen-bond acceptors (Lipinski definition) is 5. The molecule has 5 N–H and O–H groups in total. The van der Waals surface area contributed by atoms with Gasteiger partial charge in [0.2, 0.25) is 0 Å². The fourth-order valence-corrected chi connectivity index (χ4v) is 1.37. The van der Waals surface area contributed by atoms with Gasteiger partial charge in [-0.05, 0) is 24.1 Å². The maximum absolute atomic E-state index is 9.72. The van der Waals surface area contributed by atoms with Crippen molar-refractivity contribution in [3.8, 4) is 6.07 Å². The van der Waals surface area contributed by atoms with Crippen LogP contribution in [0.25, 0.3) is 0 Å². The number of hydrogen-bond donors (Lipinski definition) is 4. The molecule has 5 heteroatoms. The molecule has 0 aliphatic rings. The van der Waals surface area contributed by atoms with Crippen LogP contribution in [0.5, 0.6) is 0 Å². The third-order valence-electron chi connectivity index (χ3n) is 2.33. The Morgan fingerprint density at radius 1 is 1.38 bits per heavy atom. The number of aliphatic hydroxyl groups excluding tert-OH is 3. The lowest BCUT2D eigenvalue weighted by atomic mass is 10.00. The van der Waals surface area contributed by atoms with E-state index >= 15 is 0 Å². The van der Waals surface area contributed by atoms with Gasteiger partial charge in [0.1, 0.15) is 12.2 Å². The summed E-state index contributed by atoms with van der Waals surface area (Å²) in [5.41, 5.74) is 6.52. The van der Waals surface area contributed by atoms with Gasteiger partial charge in [-0.3, -0.25) is 0 Å². The molecule has 0 spiro atoms. The Kier molecular flexibility index (Phi) is 4.26. The van der Waals surface area contributed by atoms with E-state index in [4.69, 9.17) is 16.1 Å². The summed E-state index contributed by atoms with van der Waals surface area (Å²) in [5, 5.41) is 36.6. The average molecular weight is 222 g/mol. The standard InChI is InChI=1S/C11H14N2O3/c12-6-8-5-7(1-2-9(8)13)11(16)10(15)3-4-14/h1-2,5,10-11,14-16H,3-4,13H2. The maximum atomic E-state index is 9.72. The molecular weight excluding hydrogens is 208 g/mol. The molecule has 0 amide bonds. The summed E-state index contributed by atoms with van der Waals surface area (Å²) in [7, 11) is 0. The molecule has 0 heterocycles. The number of nitrogens with zero attached hydrogens (tertiary/aromatic N) is 1. The van der Waals surface area contributed by atoms with E-state index in [1.165, 1.54) is 12.1 Å². The molecular formula is C11H14N2O3. The second-order valence-corrected chi connectivity index (χ2v) is 3.48. The van der Waals surface area contributed by atoms with E-state index in [0.29, 0.717) is 11.3 Å². The Hall–Kier alpha value is -1.61. The molecule has 16 heavy (non-hydrogen) atoms. The third-order valence-corrected chi connectivity index (χ3v) is 2.33. The van der Waals surface area contributed by atoms with Crippen molar-refractivity contribution in [2.75, 3.05) is 12.3 Å². The molecule has 1 aromatic rings. The van der Waals surface area contributed by atoms with Crippen LogP contribution in [0.4, 0.5) is 5.69 Å². The van der Waals surface area contributed by atoms with E-state index in [0.717, 1.165) is 0 Å². The van der Waals surface area contributed by atoms with Crippen LogP contribution in [0.3, 0.4) is 0 Å². The first-order valence-electron chi connectivity index (χ1n) is 4.86. The second kappa shape index (κ2) is 5.47. The Morgan fingerprint density at radius 3 is 2.62 bits per heavy atom. The zero-order valence-corrected chi connectivity index (χ0v) is 8.67. The summed E-state index contributed by atoms with van der Waals surface area (Å²) in [5.74, 6) is 0. The molecule has 2 unspecified atom stereocenters. The van der Waals surface area contributed by atoms with Gasteiger partial charge in [0.15, 0.2) is 0 Å². The Morgan fingerprint density at radius 2 is 2.06 bits per heavy atom. The normalized spacial score (nSPS) is 14.1. The van der Waals surface area contributed by atoms with E-state index in [1.54, 1.807) is 6.07 Å². The van der Waals surface area contributed by atoms with Gasteiger partial charge in [0.25, 0.3) is 0 Å². The monoisotopic (exact) mass is 222 g/mol. The number of nitriles is 1. The molecule has 5 nitrogen and oxygen atoms in total. The van der Waals surface area contributed by atoms with E-state index < -0.39 is 12.2 Å². The smallest absolute Gasteiger partial charge is 0.105 e. The van der Waals surface area contributed by atoms with Crippen LogP contribution in [0.1, 0.15) is 23.7 Å². The van der Waals surface area contributed by atoms with E-state index in [1.807, 2.05) is 6.07 Å². The summed E-state index contributed by atoms with van der Waals surface area (Å²) in [4.78, 5) is 0. The molecule has 0 saturated carbocycles. The Balaban J connectivity index is 2.92. The predicted molar refractivity (Wildman–Crippen MR) is 58.2 cm³/mol. The summed E-state index contributed by atoms with van der Waals surface area (Å²) < 4.78 is 0. The van der Waals surface area contributed by atoms with Crippen LogP contribution >= 0.6 is 0 Å². The molecule has 0 aromatic heterocycles. The SMILES string of the molecule is N#Cc1cc(C(O)C(O)CCO)ccc1N. The third kappa shape index (κ3) is 2.70. The lowest BCUT2D eigenvalue weighted by molar-refractivity contribution is 0.00421. The molecule has 86 valence electrons. The number of benzene rings is 1. The zero-order valence-electron chi connectivity index (χ0n) is 8.67. The molecule has 2 atom stereocenters. The molecule has 1 aromatic carbocycles. The van der Waals surface area contributed by atoms with E-state index in [9.17, 15) is 10.2 Å². The van der Waals surface area contributed by atoms with Crippen LogP contribution in [0.15, 0.2) is 18.2 Å². The highest BCUT2D eigenvalue weighted by molar-refractivity contribution is 5.55. The number of rotatable bonds is 4. The second-order valence-electron chi connectivity index (χ2n) is 3.48. The van der Waals surface area contributed by atoms with Crippen LogP contribution in [-0.4, -0.2) is 28.0 Å². The fourth-order valence-electron chi connectivity index (χ4n) is 1.37. The largest absolute Gasteiger partial charge is 0.398 e. The molecule has 0 bridgehead atoms. The predicted octanol–water partition coefficient (Wildman–Crippen LogP) is -0.0828. The van der Waals surface area contributed by atoms with Crippen molar-refractivity contribution in [3.05, 3.63) is 29.3 Å². The number of nitrogens with two attached hydrogens (primary N) is 1. The minimum absolute atomic E-state index is 0.0768. The van der Waals surface area contributed by atoms with Crippen molar-refractivity contribution in [1.29, 1.82) is 5.26 Å². The van der Waals surface area contributed by atoms with E-state index in [2.05, 4.69) is 0 Å². The first kappa shape index (κ1) is 12.5. The van der Waals surface area contributed by atoms with Crippen molar-refractivity contribution < 1.29 is 15.3 Å². The average Bonchev–Trinajstić information content (AvgIpc) is 2.29. The Bertz CT molecular complexity index is 401. The van der Waals surface area contributed by atoms with Crippen molar-refractivity contribution in [1.82, 2.24) is 0 Å². The summed E-state index contributed by atoms with van der Waals surface area (Å²) in [6.45, 7) is -0.210. The number of anilines is 1. The molecule has 0 radical (unpaired) electrons. The quantitative estimate of drug-likeness (QED) is 0.532. The van der Waals surface area contributed by atoms with Crippen molar-refractivity contribution in [3.63, 3.8) is 0 Å². The highest BCUT2D eigenvalue weighted by Gasteiger charge is 2.18. The van der Waals surface area contributed by atoms with Gasteiger partial charge in [0.05, 0.1) is 11.7 Å².